The Balaban J connectivity index is 1.37. The van der Waals surface area contributed by atoms with Gasteiger partial charge in [0.1, 0.15) is 35.1 Å². The predicted octanol–water partition coefficient (Wildman–Crippen LogP) is 3.62. The normalized spacial score (nSPS) is 29.2. The first-order valence-electron chi connectivity index (χ1n) is 15.5. The Kier molecular flexibility index (Phi) is 9.09. The second kappa shape index (κ2) is 12.7. The summed E-state index contributed by atoms with van der Waals surface area (Å²) in [6.07, 6.45) is 4.66. The summed E-state index contributed by atoms with van der Waals surface area (Å²) in [7, 11) is 0. The van der Waals surface area contributed by atoms with Crippen LogP contribution in [0.1, 0.15) is 76.8 Å². The molecule has 0 aromatic heterocycles. The summed E-state index contributed by atoms with van der Waals surface area (Å²) < 4.78 is 25.4. The van der Waals surface area contributed by atoms with Crippen LogP contribution in [-0.4, -0.2) is 80.7 Å². The Hall–Kier alpha value is -4.16. The van der Waals surface area contributed by atoms with Crippen molar-refractivity contribution in [2.45, 2.75) is 108 Å². The molecule has 4 amide bonds. The van der Waals surface area contributed by atoms with E-state index in [0.717, 1.165) is 19.3 Å². The summed E-state index contributed by atoms with van der Waals surface area (Å²) in [5.74, 6) is -3.20. The molecule has 12 nitrogen and oxygen atoms in total. The highest BCUT2D eigenvalue weighted by molar-refractivity contribution is 5.96. The van der Waals surface area contributed by atoms with Crippen LogP contribution < -0.4 is 10.6 Å². The molecule has 1 aromatic rings. The lowest BCUT2D eigenvalue weighted by atomic mass is 10.0. The van der Waals surface area contributed by atoms with Crippen molar-refractivity contribution in [3.05, 3.63) is 47.3 Å². The minimum Gasteiger partial charge on any atom is -0.479 e. The van der Waals surface area contributed by atoms with Gasteiger partial charge in [0.15, 0.2) is 0 Å². The number of ether oxygens (including phenoxy) is 2. The van der Waals surface area contributed by atoms with Crippen molar-refractivity contribution in [1.29, 1.82) is 0 Å². The first-order chi connectivity index (χ1) is 21.3. The Labute approximate surface area is 261 Å². The molecule has 2 fully saturated rings. The van der Waals surface area contributed by atoms with Gasteiger partial charge < -0.3 is 30.1 Å². The third-order valence-electron chi connectivity index (χ3n) is 8.76. The van der Waals surface area contributed by atoms with Crippen LogP contribution in [0.2, 0.25) is 0 Å². The van der Waals surface area contributed by atoms with E-state index in [1.165, 1.54) is 15.9 Å². The molecule has 3 aliphatic heterocycles. The van der Waals surface area contributed by atoms with Crippen molar-refractivity contribution in [2.24, 2.45) is 5.92 Å². The minimum absolute atomic E-state index is 0.0258. The molecule has 1 unspecified atom stereocenters. The number of carbonyl (C=O) groups excluding carboxylic acids is 4. The van der Waals surface area contributed by atoms with Gasteiger partial charge in [-0.25, -0.2) is 18.8 Å². The minimum atomic E-state index is -1.49. The van der Waals surface area contributed by atoms with E-state index in [9.17, 15) is 33.5 Å². The predicted molar refractivity (Wildman–Crippen MR) is 158 cm³/mol. The zero-order valence-corrected chi connectivity index (χ0v) is 25.8. The van der Waals surface area contributed by atoms with Crippen molar-refractivity contribution < 1.29 is 42.9 Å². The number of fused-ring (bicyclic) bond motifs is 3. The summed E-state index contributed by atoms with van der Waals surface area (Å²) in [6, 6.07) is 2.45. The van der Waals surface area contributed by atoms with Crippen molar-refractivity contribution in [2.75, 3.05) is 6.54 Å². The fraction of sp³-hybridized carbons (Fsp3) is 0.594. The fourth-order valence-corrected chi connectivity index (χ4v) is 6.32. The molecule has 0 bridgehead atoms. The van der Waals surface area contributed by atoms with Gasteiger partial charge in [-0.1, -0.05) is 37.1 Å². The molecule has 0 radical (unpaired) electrons. The number of rotatable bonds is 3. The Bertz CT molecular complexity index is 1390. The highest BCUT2D eigenvalue weighted by atomic mass is 19.1. The van der Waals surface area contributed by atoms with E-state index in [-0.39, 0.29) is 44.8 Å². The van der Waals surface area contributed by atoms with Crippen molar-refractivity contribution >= 4 is 30.0 Å². The van der Waals surface area contributed by atoms with Crippen LogP contribution in [0.25, 0.3) is 0 Å². The summed E-state index contributed by atoms with van der Waals surface area (Å²) in [5, 5.41) is 15.4. The molecule has 45 heavy (non-hydrogen) atoms. The number of carboxylic acid groups (broad SMARTS) is 1. The number of hydrogen-bond acceptors (Lipinski definition) is 7. The largest absolute Gasteiger partial charge is 0.479 e. The van der Waals surface area contributed by atoms with Gasteiger partial charge in [0.25, 0.3) is 0 Å². The number of carbonyl (C=O) groups is 5. The number of alkyl carbamates (subject to hydrolysis) is 1. The molecule has 13 heteroatoms. The van der Waals surface area contributed by atoms with Crippen LogP contribution >= 0.6 is 0 Å². The van der Waals surface area contributed by atoms with Crippen LogP contribution in [0.3, 0.4) is 0 Å². The lowest BCUT2D eigenvalue weighted by molar-refractivity contribution is -0.145. The highest BCUT2D eigenvalue weighted by Gasteiger charge is 2.61. The van der Waals surface area contributed by atoms with Gasteiger partial charge in [-0.2, -0.15) is 0 Å². The maximum atomic E-state index is 14.3. The van der Waals surface area contributed by atoms with Crippen molar-refractivity contribution in [1.82, 2.24) is 20.4 Å². The molecule has 1 aliphatic carbocycles. The summed E-state index contributed by atoms with van der Waals surface area (Å²) in [5.41, 5.74) is -1.22. The van der Waals surface area contributed by atoms with Crippen LogP contribution in [0.4, 0.5) is 14.0 Å². The van der Waals surface area contributed by atoms with Gasteiger partial charge in [-0.05, 0) is 58.1 Å². The van der Waals surface area contributed by atoms with E-state index in [4.69, 9.17) is 9.47 Å². The third kappa shape index (κ3) is 7.23. The molecule has 1 aromatic carbocycles. The SMILES string of the molecule is CC(C)(C)OC(=O)N[C@@H]1CCCCC/C=C\[C@H]2CC2(C(=O)O)NC(=O)[C@@H]2C[C@@H](OC(=O)N3Cc4cccc(F)c4C3)CN2C1=O. The maximum absolute atomic E-state index is 14.3. The summed E-state index contributed by atoms with van der Waals surface area (Å²) in [4.78, 5) is 68.5. The van der Waals surface area contributed by atoms with E-state index < -0.39 is 65.1 Å². The van der Waals surface area contributed by atoms with E-state index >= 15 is 0 Å². The van der Waals surface area contributed by atoms with Gasteiger partial charge in [-0.3, -0.25) is 14.5 Å². The monoisotopic (exact) mass is 628 g/mol. The molecule has 5 atom stereocenters. The molecule has 5 rings (SSSR count). The Morgan fingerprint density at radius 2 is 1.91 bits per heavy atom. The van der Waals surface area contributed by atoms with Gasteiger partial charge in [-0.15, -0.1) is 0 Å². The van der Waals surface area contributed by atoms with Gasteiger partial charge in [0, 0.05) is 24.4 Å². The smallest absolute Gasteiger partial charge is 0.410 e. The van der Waals surface area contributed by atoms with E-state index in [2.05, 4.69) is 10.6 Å². The quantitative estimate of drug-likeness (QED) is 0.429. The summed E-state index contributed by atoms with van der Waals surface area (Å²) in [6.45, 7) is 5.15. The van der Waals surface area contributed by atoms with Crippen LogP contribution in [-0.2, 0) is 36.9 Å². The highest BCUT2D eigenvalue weighted by Crippen LogP contribution is 2.45. The number of hydrogen-bond donors (Lipinski definition) is 3. The standard InChI is InChI=1S/C32H41FN4O8/c1-31(2,3)45-29(42)34-24-13-8-6-4-5-7-11-20-15-32(20,28(40)41)35-26(38)25-14-21(17-37(25)27(24)39)44-30(43)36-16-19-10-9-12-23(33)22(19)18-36/h7,9-12,20-21,24-25H,4-6,8,13-18H2,1-3H3,(H,34,42)(H,35,38)(H,40,41)/b11-7-/t20-,21+,24+,25-,32?/m0/s1. The fourth-order valence-electron chi connectivity index (χ4n) is 6.32. The molecule has 0 spiro atoms. The molecule has 3 heterocycles. The average Bonchev–Trinajstić information content (AvgIpc) is 3.27. The van der Waals surface area contributed by atoms with Crippen LogP contribution in [0, 0.1) is 11.7 Å². The number of carboxylic acids is 1. The Morgan fingerprint density at radius 3 is 2.62 bits per heavy atom. The van der Waals surface area contributed by atoms with Crippen LogP contribution in [0.5, 0.6) is 0 Å². The molecule has 1 saturated carbocycles. The molecule has 4 aliphatic rings. The lowest BCUT2D eigenvalue weighted by Crippen LogP contribution is -2.56. The van der Waals surface area contributed by atoms with E-state index in [1.54, 1.807) is 32.9 Å². The third-order valence-corrected chi connectivity index (χ3v) is 8.76. The topological polar surface area (TPSA) is 155 Å². The lowest BCUT2D eigenvalue weighted by Gasteiger charge is -2.30. The zero-order valence-electron chi connectivity index (χ0n) is 25.8. The van der Waals surface area contributed by atoms with Gasteiger partial charge in [0.2, 0.25) is 11.8 Å². The second-order valence-corrected chi connectivity index (χ2v) is 13.3. The number of benzene rings is 1. The molecule has 1 saturated heterocycles. The first-order valence-corrected chi connectivity index (χ1v) is 15.5. The zero-order chi connectivity index (χ0) is 32.5. The van der Waals surface area contributed by atoms with Gasteiger partial charge >= 0.3 is 18.2 Å². The maximum Gasteiger partial charge on any atom is 0.410 e. The average molecular weight is 629 g/mol. The van der Waals surface area contributed by atoms with Crippen LogP contribution in [0.15, 0.2) is 30.4 Å². The van der Waals surface area contributed by atoms with E-state index in [1.807, 2.05) is 12.2 Å². The molecular weight excluding hydrogens is 587 g/mol. The molecule has 3 N–H and O–H groups in total. The molecule has 244 valence electrons. The van der Waals surface area contributed by atoms with Gasteiger partial charge in [0.05, 0.1) is 13.1 Å². The van der Waals surface area contributed by atoms with Crippen molar-refractivity contribution in [3.63, 3.8) is 0 Å². The number of nitrogens with zero attached hydrogens (tertiary/aromatic N) is 2. The number of aliphatic carboxylic acids is 1. The van der Waals surface area contributed by atoms with E-state index in [0.29, 0.717) is 17.5 Å². The Morgan fingerprint density at radius 1 is 1.13 bits per heavy atom. The number of allylic oxidation sites excluding steroid dienone is 1. The van der Waals surface area contributed by atoms with Crippen molar-refractivity contribution in [3.8, 4) is 0 Å². The number of nitrogens with one attached hydrogen (secondary N) is 2. The number of amides is 4. The second-order valence-electron chi connectivity index (χ2n) is 13.3. The summed E-state index contributed by atoms with van der Waals surface area (Å²) >= 11 is 0. The number of halogens is 1. The first kappa shape index (κ1) is 32.2. The molecular formula is C32H41FN4O8.